The highest BCUT2D eigenvalue weighted by Crippen LogP contribution is 2.39. The molecule has 2 rings (SSSR count). The Morgan fingerprint density at radius 1 is 1.00 bits per heavy atom. The molecule has 0 aliphatic heterocycles. The summed E-state index contributed by atoms with van der Waals surface area (Å²) in [5.41, 5.74) is 5.29. The number of hydrazone groups is 1. The molecule has 0 fully saturated rings. The molecule has 1 aromatic heterocycles. The lowest BCUT2D eigenvalue weighted by Crippen LogP contribution is -2.18. The van der Waals surface area contributed by atoms with E-state index in [0.29, 0.717) is 11.6 Å². The third-order valence-electron chi connectivity index (χ3n) is 3.70. The standard InChI is InChI=1S/C19H26N4O/c1-18(2,3)14-9-13(10-15(17(14)24)19(4,5)6)11-22-23-16-12-20-7-8-21-16/h7-12,24H,1-6H3,(H,21,23)/b22-11+. The number of aromatic nitrogens is 2. The van der Waals surface area contributed by atoms with Crippen LogP contribution >= 0.6 is 0 Å². The summed E-state index contributed by atoms with van der Waals surface area (Å²) < 4.78 is 0. The van der Waals surface area contributed by atoms with E-state index in [2.05, 4.69) is 62.0 Å². The van der Waals surface area contributed by atoms with Crippen molar-refractivity contribution in [2.45, 2.75) is 52.4 Å². The van der Waals surface area contributed by atoms with Crippen molar-refractivity contribution < 1.29 is 5.11 Å². The number of nitrogens with one attached hydrogen (secondary N) is 1. The van der Waals surface area contributed by atoms with E-state index in [1.807, 2.05) is 12.1 Å². The second-order valence-corrected chi connectivity index (χ2v) is 7.93. The minimum atomic E-state index is -0.160. The number of benzene rings is 1. The lowest BCUT2D eigenvalue weighted by molar-refractivity contribution is 0.423. The van der Waals surface area contributed by atoms with E-state index >= 15 is 0 Å². The molecule has 0 unspecified atom stereocenters. The van der Waals surface area contributed by atoms with E-state index in [9.17, 15) is 5.11 Å². The van der Waals surface area contributed by atoms with Gasteiger partial charge in [-0.3, -0.25) is 10.4 Å². The van der Waals surface area contributed by atoms with Crippen molar-refractivity contribution in [3.8, 4) is 5.75 Å². The number of rotatable bonds is 3. The molecule has 5 nitrogen and oxygen atoms in total. The minimum absolute atomic E-state index is 0.160. The van der Waals surface area contributed by atoms with Crippen molar-refractivity contribution in [2.75, 3.05) is 5.43 Å². The number of nitrogens with zero attached hydrogens (tertiary/aromatic N) is 3. The Labute approximate surface area is 143 Å². The third-order valence-corrected chi connectivity index (χ3v) is 3.70. The SMILES string of the molecule is CC(C)(C)c1cc(/C=N/Nc2cnccn2)cc(C(C)(C)C)c1O. The maximum atomic E-state index is 10.7. The summed E-state index contributed by atoms with van der Waals surface area (Å²) in [7, 11) is 0. The van der Waals surface area contributed by atoms with Crippen molar-refractivity contribution in [3.63, 3.8) is 0 Å². The van der Waals surface area contributed by atoms with Crippen LogP contribution in [-0.4, -0.2) is 21.3 Å². The number of phenols is 1. The first-order valence-electron chi connectivity index (χ1n) is 8.02. The van der Waals surface area contributed by atoms with Gasteiger partial charge in [0.1, 0.15) is 5.75 Å². The molecule has 0 radical (unpaired) electrons. The Hall–Kier alpha value is -2.43. The molecule has 0 aliphatic carbocycles. The zero-order valence-electron chi connectivity index (χ0n) is 15.3. The molecule has 5 heteroatoms. The highest BCUT2D eigenvalue weighted by molar-refractivity contribution is 5.82. The molecule has 0 saturated carbocycles. The molecule has 0 spiro atoms. The smallest absolute Gasteiger partial charge is 0.164 e. The van der Waals surface area contributed by atoms with Crippen molar-refractivity contribution in [1.29, 1.82) is 0 Å². The van der Waals surface area contributed by atoms with Crippen molar-refractivity contribution in [2.24, 2.45) is 5.10 Å². The summed E-state index contributed by atoms with van der Waals surface area (Å²) in [4.78, 5) is 8.09. The summed E-state index contributed by atoms with van der Waals surface area (Å²) in [6, 6.07) is 3.96. The number of phenolic OH excluding ortho intramolecular Hbond substituents is 1. The summed E-state index contributed by atoms with van der Waals surface area (Å²) in [6.45, 7) is 12.5. The molecule has 0 amide bonds. The zero-order chi connectivity index (χ0) is 18.0. The lowest BCUT2D eigenvalue weighted by Gasteiger charge is -2.27. The van der Waals surface area contributed by atoms with Gasteiger partial charge in [0.25, 0.3) is 0 Å². The van der Waals surface area contributed by atoms with Gasteiger partial charge in [0.15, 0.2) is 5.82 Å². The average Bonchev–Trinajstić information content (AvgIpc) is 2.47. The molecule has 0 bridgehead atoms. The Bertz CT molecular complexity index is 690. The van der Waals surface area contributed by atoms with E-state index in [1.54, 1.807) is 24.8 Å². The predicted octanol–water partition coefficient (Wildman–Crippen LogP) is 4.22. The van der Waals surface area contributed by atoms with Crippen LogP contribution in [0.2, 0.25) is 0 Å². The molecular weight excluding hydrogens is 300 g/mol. The third kappa shape index (κ3) is 4.31. The molecule has 1 heterocycles. The summed E-state index contributed by atoms with van der Waals surface area (Å²) in [5.74, 6) is 0.952. The first-order chi connectivity index (χ1) is 11.1. The largest absolute Gasteiger partial charge is 0.507 e. The number of aromatic hydroxyl groups is 1. The van der Waals surface area contributed by atoms with Crippen molar-refractivity contribution >= 4 is 12.0 Å². The van der Waals surface area contributed by atoms with Gasteiger partial charge in [0.05, 0.1) is 12.4 Å². The normalized spacial score (nSPS) is 12.6. The molecule has 0 saturated heterocycles. The molecule has 2 aromatic rings. The fraction of sp³-hybridized carbons (Fsp3) is 0.421. The monoisotopic (exact) mass is 326 g/mol. The summed E-state index contributed by atoms with van der Waals surface area (Å²) in [6.07, 6.45) is 6.56. The minimum Gasteiger partial charge on any atom is -0.507 e. The van der Waals surface area contributed by atoms with Gasteiger partial charge < -0.3 is 5.11 Å². The van der Waals surface area contributed by atoms with Crippen LogP contribution in [0.1, 0.15) is 58.2 Å². The van der Waals surface area contributed by atoms with Crippen molar-refractivity contribution in [1.82, 2.24) is 9.97 Å². The van der Waals surface area contributed by atoms with Crippen LogP contribution in [0.25, 0.3) is 0 Å². The van der Waals surface area contributed by atoms with Gasteiger partial charge >= 0.3 is 0 Å². The van der Waals surface area contributed by atoms with Gasteiger partial charge in [-0.05, 0) is 28.5 Å². The van der Waals surface area contributed by atoms with E-state index in [-0.39, 0.29) is 10.8 Å². The van der Waals surface area contributed by atoms with Crippen molar-refractivity contribution in [3.05, 3.63) is 47.4 Å². The fourth-order valence-electron chi connectivity index (χ4n) is 2.40. The fourth-order valence-corrected chi connectivity index (χ4v) is 2.40. The van der Waals surface area contributed by atoms with Crippen LogP contribution < -0.4 is 5.43 Å². The zero-order valence-corrected chi connectivity index (χ0v) is 15.3. The van der Waals surface area contributed by atoms with Crippen LogP contribution in [0.4, 0.5) is 5.82 Å². The quantitative estimate of drug-likeness (QED) is 0.654. The van der Waals surface area contributed by atoms with Crippen LogP contribution in [-0.2, 0) is 10.8 Å². The van der Waals surface area contributed by atoms with Crippen LogP contribution in [0, 0.1) is 0 Å². The van der Waals surface area contributed by atoms with E-state index in [1.165, 1.54) is 0 Å². The van der Waals surface area contributed by atoms with E-state index in [4.69, 9.17) is 0 Å². The highest BCUT2D eigenvalue weighted by atomic mass is 16.3. The topological polar surface area (TPSA) is 70.4 Å². The van der Waals surface area contributed by atoms with Gasteiger partial charge in [-0.2, -0.15) is 5.10 Å². The number of hydrogen-bond acceptors (Lipinski definition) is 5. The molecule has 0 atom stereocenters. The van der Waals surface area contributed by atoms with E-state index in [0.717, 1.165) is 16.7 Å². The second kappa shape index (κ2) is 6.59. The van der Waals surface area contributed by atoms with Gasteiger partial charge in [0.2, 0.25) is 0 Å². The first-order valence-corrected chi connectivity index (χ1v) is 8.02. The highest BCUT2D eigenvalue weighted by Gasteiger charge is 2.26. The Kier molecular flexibility index (Phi) is 4.92. The maximum absolute atomic E-state index is 10.7. The molecule has 1 aromatic carbocycles. The van der Waals surface area contributed by atoms with Crippen LogP contribution in [0.3, 0.4) is 0 Å². The first kappa shape index (κ1) is 17.9. The Morgan fingerprint density at radius 3 is 2.04 bits per heavy atom. The van der Waals surface area contributed by atoms with Gasteiger partial charge in [0, 0.05) is 23.5 Å². The van der Waals surface area contributed by atoms with Gasteiger partial charge in [-0.1, -0.05) is 41.5 Å². The van der Waals surface area contributed by atoms with Crippen LogP contribution in [0.15, 0.2) is 35.8 Å². The molecule has 24 heavy (non-hydrogen) atoms. The molecule has 0 aliphatic rings. The lowest BCUT2D eigenvalue weighted by atomic mass is 9.78. The summed E-state index contributed by atoms with van der Waals surface area (Å²) >= 11 is 0. The predicted molar refractivity (Wildman–Crippen MR) is 98.8 cm³/mol. The second-order valence-electron chi connectivity index (χ2n) is 7.93. The van der Waals surface area contributed by atoms with E-state index < -0.39 is 0 Å². The Morgan fingerprint density at radius 2 is 1.58 bits per heavy atom. The maximum Gasteiger partial charge on any atom is 0.164 e. The Balaban J connectivity index is 2.39. The van der Waals surface area contributed by atoms with Crippen LogP contribution in [0.5, 0.6) is 5.75 Å². The summed E-state index contributed by atoms with van der Waals surface area (Å²) in [5, 5.41) is 14.9. The molecule has 128 valence electrons. The number of hydrogen-bond donors (Lipinski definition) is 2. The molecule has 2 N–H and O–H groups in total. The average molecular weight is 326 g/mol. The van der Waals surface area contributed by atoms with Gasteiger partial charge in [-0.15, -0.1) is 0 Å². The molecular formula is C19H26N4O. The number of anilines is 1. The van der Waals surface area contributed by atoms with Gasteiger partial charge in [-0.25, -0.2) is 4.98 Å².